The predicted molar refractivity (Wildman–Crippen MR) is 90.3 cm³/mol. The van der Waals surface area contributed by atoms with E-state index in [9.17, 15) is 13.2 Å². The third-order valence-corrected chi connectivity index (χ3v) is 5.81. The lowest BCUT2D eigenvalue weighted by Gasteiger charge is -2.20. The van der Waals surface area contributed by atoms with Crippen LogP contribution in [0.2, 0.25) is 0 Å². The van der Waals surface area contributed by atoms with Crippen LogP contribution in [-0.2, 0) is 10.0 Å². The van der Waals surface area contributed by atoms with Gasteiger partial charge in [-0.05, 0) is 31.5 Å². The summed E-state index contributed by atoms with van der Waals surface area (Å²) < 4.78 is 32.0. The van der Waals surface area contributed by atoms with Crippen LogP contribution in [0.5, 0.6) is 5.75 Å². The van der Waals surface area contributed by atoms with Gasteiger partial charge in [0.05, 0.1) is 7.11 Å². The molecule has 23 heavy (non-hydrogen) atoms. The summed E-state index contributed by atoms with van der Waals surface area (Å²) in [5.41, 5.74) is 0.303. The van der Waals surface area contributed by atoms with E-state index < -0.39 is 10.0 Å². The average Bonchev–Trinajstić information content (AvgIpc) is 2.54. The van der Waals surface area contributed by atoms with E-state index in [2.05, 4.69) is 5.32 Å². The molecule has 0 aliphatic rings. The van der Waals surface area contributed by atoms with Crippen molar-refractivity contribution in [3.05, 3.63) is 23.8 Å². The van der Waals surface area contributed by atoms with Gasteiger partial charge in [0.1, 0.15) is 10.6 Å². The molecule has 1 rings (SSSR count). The van der Waals surface area contributed by atoms with Crippen molar-refractivity contribution in [3.8, 4) is 5.75 Å². The number of nitrogens with one attached hydrogen (secondary N) is 1. The summed E-state index contributed by atoms with van der Waals surface area (Å²) in [6.45, 7) is 8.11. The zero-order valence-corrected chi connectivity index (χ0v) is 15.2. The molecule has 0 bridgehead atoms. The van der Waals surface area contributed by atoms with Gasteiger partial charge in [-0.1, -0.05) is 20.8 Å². The lowest BCUT2D eigenvalue weighted by Crippen LogP contribution is -2.33. The SMILES string of the molecule is CC[C@@H](C)NC(=O)c1ccc(OC)c(S(=O)(=O)N(CC)CC)c1. The van der Waals surface area contributed by atoms with Crippen molar-refractivity contribution in [2.45, 2.75) is 45.1 Å². The van der Waals surface area contributed by atoms with E-state index in [0.29, 0.717) is 18.7 Å². The highest BCUT2D eigenvalue weighted by atomic mass is 32.2. The van der Waals surface area contributed by atoms with Crippen LogP contribution in [0.1, 0.15) is 44.5 Å². The first-order valence-corrected chi connectivity index (χ1v) is 9.24. The molecule has 0 heterocycles. The minimum atomic E-state index is -3.71. The molecule has 0 aliphatic carbocycles. The first-order valence-electron chi connectivity index (χ1n) is 7.80. The molecule has 1 aromatic rings. The number of hydrogen-bond acceptors (Lipinski definition) is 4. The van der Waals surface area contributed by atoms with Gasteiger partial charge in [-0.15, -0.1) is 0 Å². The molecule has 0 radical (unpaired) electrons. The molecule has 1 aromatic carbocycles. The molecular formula is C16H26N2O4S. The molecule has 1 amide bonds. The number of nitrogens with zero attached hydrogens (tertiary/aromatic N) is 1. The normalized spacial score (nSPS) is 13.0. The van der Waals surface area contributed by atoms with Crippen LogP contribution >= 0.6 is 0 Å². The van der Waals surface area contributed by atoms with Gasteiger partial charge in [0.2, 0.25) is 10.0 Å². The molecular weight excluding hydrogens is 316 g/mol. The standard InChI is InChI=1S/C16H26N2O4S/c1-6-12(4)17-16(19)13-9-10-14(22-5)15(11-13)23(20,21)18(7-2)8-3/h9-12H,6-8H2,1-5H3,(H,17,19)/t12-/m1/s1. The number of hydrogen-bond donors (Lipinski definition) is 1. The average molecular weight is 342 g/mol. The van der Waals surface area contributed by atoms with E-state index in [0.717, 1.165) is 6.42 Å². The van der Waals surface area contributed by atoms with Crippen molar-refractivity contribution in [1.29, 1.82) is 0 Å². The molecule has 0 aromatic heterocycles. The van der Waals surface area contributed by atoms with Crippen molar-refractivity contribution in [3.63, 3.8) is 0 Å². The fraction of sp³-hybridized carbons (Fsp3) is 0.562. The maximum absolute atomic E-state index is 12.7. The molecule has 1 N–H and O–H groups in total. The largest absolute Gasteiger partial charge is 0.495 e. The number of ether oxygens (including phenoxy) is 1. The Hall–Kier alpha value is -1.60. The minimum absolute atomic E-state index is 0.0144. The van der Waals surface area contributed by atoms with Gasteiger partial charge >= 0.3 is 0 Å². The number of sulfonamides is 1. The Morgan fingerprint density at radius 2 is 1.87 bits per heavy atom. The third-order valence-electron chi connectivity index (χ3n) is 3.74. The van der Waals surface area contributed by atoms with Gasteiger partial charge in [0.25, 0.3) is 5.91 Å². The number of methoxy groups -OCH3 is 1. The molecule has 0 spiro atoms. The molecule has 0 saturated carbocycles. The van der Waals surface area contributed by atoms with Crippen LogP contribution in [0.4, 0.5) is 0 Å². The third kappa shape index (κ3) is 4.45. The lowest BCUT2D eigenvalue weighted by molar-refractivity contribution is 0.0939. The van der Waals surface area contributed by atoms with E-state index in [4.69, 9.17) is 4.74 Å². The zero-order chi connectivity index (χ0) is 17.6. The van der Waals surface area contributed by atoms with Crippen molar-refractivity contribution < 1.29 is 17.9 Å². The summed E-state index contributed by atoms with van der Waals surface area (Å²) in [5.74, 6) is -0.0602. The second-order valence-corrected chi connectivity index (χ2v) is 7.14. The second-order valence-electron chi connectivity index (χ2n) is 5.24. The van der Waals surface area contributed by atoms with Crippen molar-refractivity contribution in [1.82, 2.24) is 9.62 Å². The van der Waals surface area contributed by atoms with E-state index in [1.165, 1.54) is 23.5 Å². The minimum Gasteiger partial charge on any atom is -0.495 e. The Morgan fingerprint density at radius 1 is 1.26 bits per heavy atom. The van der Waals surface area contributed by atoms with Crippen molar-refractivity contribution in [2.75, 3.05) is 20.2 Å². The van der Waals surface area contributed by atoms with Gasteiger partial charge in [0.15, 0.2) is 0 Å². The van der Waals surface area contributed by atoms with Gasteiger partial charge in [-0.25, -0.2) is 8.42 Å². The van der Waals surface area contributed by atoms with Crippen LogP contribution in [-0.4, -0.2) is 44.9 Å². The summed E-state index contributed by atoms with van der Waals surface area (Å²) in [6, 6.07) is 4.48. The molecule has 7 heteroatoms. The fourth-order valence-corrected chi connectivity index (χ4v) is 3.77. The van der Waals surface area contributed by atoms with Crippen LogP contribution in [0.25, 0.3) is 0 Å². The maximum atomic E-state index is 12.7. The van der Waals surface area contributed by atoms with Crippen LogP contribution in [0, 0.1) is 0 Å². The van der Waals surface area contributed by atoms with E-state index in [1.54, 1.807) is 19.9 Å². The van der Waals surface area contributed by atoms with E-state index >= 15 is 0 Å². The van der Waals surface area contributed by atoms with Crippen LogP contribution in [0.15, 0.2) is 23.1 Å². The second kappa shape index (κ2) is 8.31. The first kappa shape index (κ1) is 19.4. The first-order chi connectivity index (χ1) is 10.8. The molecule has 6 nitrogen and oxygen atoms in total. The Bertz CT molecular complexity index is 639. The smallest absolute Gasteiger partial charge is 0.251 e. The van der Waals surface area contributed by atoms with Gasteiger partial charge < -0.3 is 10.1 Å². The predicted octanol–water partition coefficient (Wildman–Crippen LogP) is 2.25. The number of carbonyl (C=O) groups is 1. The quantitative estimate of drug-likeness (QED) is 0.786. The molecule has 130 valence electrons. The Balaban J connectivity index is 3.31. The Labute approximate surface area is 138 Å². The summed E-state index contributed by atoms with van der Waals surface area (Å²) >= 11 is 0. The molecule has 0 fully saturated rings. The maximum Gasteiger partial charge on any atom is 0.251 e. The van der Waals surface area contributed by atoms with Gasteiger partial charge in [-0.3, -0.25) is 4.79 Å². The highest BCUT2D eigenvalue weighted by Crippen LogP contribution is 2.27. The van der Waals surface area contributed by atoms with Crippen LogP contribution < -0.4 is 10.1 Å². The van der Waals surface area contributed by atoms with Crippen LogP contribution in [0.3, 0.4) is 0 Å². The van der Waals surface area contributed by atoms with Crippen molar-refractivity contribution >= 4 is 15.9 Å². The molecule has 0 aliphatic heterocycles. The highest BCUT2D eigenvalue weighted by Gasteiger charge is 2.26. The highest BCUT2D eigenvalue weighted by molar-refractivity contribution is 7.89. The fourth-order valence-electron chi connectivity index (χ4n) is 2.13. The van der Waals surface area contributed by atoms with Gasteiger partial charge in [0, 0.05) is 24.7 Å². The van der Waals surface area contributed by atoms with Gasteiger partial charge in [-0.2, -0.15) is 4.31 Å². The van der Waals surface area contributed by atoms with E-state index in [-0.39, 0.29) is 22.6 Å². The molecule has 1 atom stereocenters. The topological polar surface area (TPSA) is 75.7 Å². The molecule has 0 saturated heterocycles. The zero-order valence-electron chi connectivity index (χ0n) is 14.4. The number of carbonyl (C=O) groups excluding carboxylic acids is 1. The summed E-state index contributed by atoms with van der Waals surface area (Å²) in [7, 11) is -2.29. The Morgan fingerprint density at radius 3 is 2.35 bits per heavy atom. The number of amides is 1. The van der Waals surface area contributed by atoms with Crippen molar-refractivity contribution in [2.24, 2.45) is 0 Å². The number of rotatable bonds is 8. The summed E-state index contributed by atoms with van der Waals surface area (Å²) in [5, 5.41) is 2.83. The number of benzene rings is 1. The molecule has 0 unspecified atom stereocenters. The summed E-state index contributed by atoms with van der Waals surface area (Å²) in [6.07, 6.45) is 0.798. The van der Waals surface area contributed by atoms with E-state index in [1.807, 2.05) is 13.8 Å². The lowest BCUT2D eigenvalue weighted by atomic mass is 10.2. The monoisotopic (exact) mass is 342 g/mol. The Kier molecular flexibility index (Phi) is 7.02. The summed E-state index contributed by atoms with van der Waals surface area (Å²) in [4.78, 5) is 12.3.